The third kappa shape index (κ3) is 7.77. The highest BCUT2D eigenvalue weighted by atomic mass is 16.1. The summed E-state index contributed by atoms with van der Waals surface area (Å²) in [5.74, 6) is 0.409. The molecule has 0 heterocycles. The Morgan fingerprint density at radius 3 is 2.25 bits per heavy atom. The van der Waals surface area contributed by atoms with E-state index in [9.17, 15) is 4.79 Å². The Labute approximate surface area is 76.6 Å². The summed E-state index contributed by atoms with van der Waals surface area (Å²) in [5.41, 5.74) is 0. The Morgan fingerprint density at radius 2 is 1.67 bits per heavy atom. The van der Waals surface area contributed by atoms with Crippen LogP contribution in [0.25, 0.3) is 0 Å². The van der Waals surface area contributed by atoms with Gasteiger partial charge in [-0.05, 0) is 6.42 Å². The molecule has 0 unspecified atom stereocenters. The van der Waals surface area contributed by atoms with Crippen LogP contribution in [-0.2, 0) is 4.79 Å². The molecule has 0 amide bonds. The molecule has 0 atom stereocenters. The van der Waals surface area contributed by atoms with E-state index in [1.54, 1.807) is 0 Å². The van der Waals surface area contributed by atoms with Crippen molar-refractivity contribution in [2.45, 2.75) is 58.3 Å². The van der Waals surface area contributed by atoms with Crippen LogP contribution < -0.4 is 0 Å². The number of unbranched alkanes of at least 4 members (excludes halogenated alkanes) is 5. The lowest BCUT2D eigenvalue weighted by Crippen LogP contribution is -1.93. The lowest BCUT2D eigenvalue weighted by molar-refractivity contribution is -0.118. The van der Waals surface area contributed by atoms with Gasteiger partial charge in [-0.1, -0.05) is 46.0 Å². The Kier molecular flexibility index (Phi) is 8.52. The molecule has 0 spiro atoms. The van der Waals surface area contributed by atoms with Crippen molar-refractivity contribution < 1.29 is 4.79 Å². The second-order valence-electron chi connectivity index (χ2n) is 3.26. The standard InChI is InChI=1S/C11H21O/c1-3-5-6-7-8-9-10-11(12)4-2/h1,3-10H2,2H3. The van der Waals surface area contributed by atoms with Crippen LogP contribution in [0.4, 0.5) is 0 Å². The molecule has 0 saturated heterocycles. The summed E-state index contributed by atoms with van der Waals surface area (Å²) >= 11 is 0. The van der Waals surface area contributed by atoms with Crippen LogP contribution in [-0.4, -0.2) is 5.78 Å². The number of hydrogen-bond acceptors (Lipinski definition) is 1. The highest BCUT2D eigenvalue weighted by Crippen LogP contribution is 2.07. The number of ketones is 1. The lowest BCUT2D eigenvalue weighted by Gasteiger charge is -1.98. The van der Waals surface area contributed by atoms with Crippen molar-refractivity contribution in [2.75, 3.05) is 0 Å². The van der Waals surface area contributed by atoms with Gasteiger partial charge in [0.15, 0.2) is 0 Å². The van der Waals surface area contributed by atoms with Gasteiger partial charge in [0.25, 0.3) is 0 Å². The van der Waals surface area contributed by atoms with E-state index in [1.807, 2.05) is 6.92 Å². The van der Waals surface area contributed by atoms with Gasteiger partial charge < -0.3 is 0 Å². The molecule has 12 heavy (non-hydrogen) atoms. The smallest absolute Gasteiger partial charge is 0.132 e. The molecule has 0 N–H and O–H groups in total. The molecule has 1 nitrogen and oxygen atoms in total. The first-order valence-corrected chi connectivity index (χ1v) is 5.12. The predicted octanol–water partition coefficient (Wildman–Crippen LogP) is 3.53. The highest BCUT2D eigenvalue weighted by molar-refractivity contribution is 5.77. The first kappa shape index (κ1) is 11.7. The molecule has 0 fully saturated rings. The van der Waals surface area contributed by atoms with Crippen LogP contribution in [0.5, 0.6) is 0 Å². The topological polar surface area (TPSA) is 17.1 Å². The lowest BCUT2D eigenvalue weighted by atomic mass is 10.1. The van der Waals surface area contributed by atoms with Crippen molar-refractivity contribution >= 4 is 5.78 Å². The fraction of sp³-hybridized carbons (Fsp3) is 0.818. The molecule has 1 radical (unpaired) electrons. The van der Waals surface area contributed by atoms with Crippen molar-refractivity contribution in [3.63, 3.8) is 0 Å². The number of rotatable bonds is 8. The summed E-state index contributed by atoms with van der Waals surface area (Å²) in [5, 5.41) is 0. The Hall–Kier alpha value is -0.330. The number of carbonyl (C=O) groups excluding carboxylic acids is 1. The van der Waals surface area contributed by atoms with Gasteiger partial charge in [-0.3, -0.25) is 4.79 Å². The first-order chi connectivity index (χ1) is 5.81. The van der Waals surface area contributed by atoms with E-state index >= 15 is 0 Å². The third-order valence-electron chi connectivity index (χ3n) is 2.10. The van der Waals surface area contributed by atoms with Crippen LogP contribution in [0, 0.1) is 6.92 Å². The summed E-state index contributed by atoms with van der Waals surface area (Å²) in [6.07, 6.45) is 8.64. The minimum atomic E-state index is 0.409. The molecule has 0 saturated carbocycles. The normalized spacial score (nSPS) is 10.2. The van der Waals surface area contributed by atoms with Gasteiger partial charge >= 0.3 is 0 Å². The minimum Gasteiger partial charge on any atom is -0.300 e. The summed E-state index contributed by atoms with van der Waals surface area (Å²) in [6, 6.07) is 0. The monoisotopic (exact) mass is 169 g/mol. The van der Waals surface area contributed by atoms with E-state index in [-0.39, 0.29) is 0 Å². The maximum atomic E-state index is 10.9. The summed E-state index contributed by atoms with van der Waals surface area (Å²) in [6.45, 7) is 5.73. The molecule has 0 aromatic rings. The SMILES string of the molecule is [CH2]CCCCCCCC(=O)CC. The van der Waals surface area contributed by atoms with Crippen LogP contribution in [0.2, 0.25) is 0 Å². The third-order valence-corrected chi connectivity index (χ3v) is 2.10. The van der Waals surface area contributed by atoms with Crippen molar-refractivity contribution in [3.8, 4) is 0 Å². The average molecular weight is 169 g/mol. The van der Waals surface area contributed by atoms with E-state index in [0.29, 0.717) is 12.2 Å². The molecule has 0 aromatic carbocycles. The molecule has 0 aromatic heterocycles. The van der Waals surface area contributed by atoms with Crippen molar-refractivity contribution in [2.24, 2.45) is 0 Å². The van der Waals surface area contributed by atoms with E-state index in [0.717, 1.165) is 19.3 Å². The van der Waals surface area contributed by atoms with Crippen molar-refractivity contribution in [1.82, 2.24) is 0 Å². The predicted molar refractivity (Wildman–Crippen MR) is 53.0 cm³/mol. The van der Waals surface area contributed by atoms with Crippen LogP contribution >= 0.6 is 0 Å². The Balaban J connectivity index is 2.95. The van der Waals surface area contributed by atoms with E-state index in [4.69, 9.17) is 0 Å². The van der Waals surface area contributed by atoms with Gasteiger partial charge in [0.05, 0.1) is 0 Å². The molecule has 0 bridgehead atoms. The fourth-order valence-corrected chi connectivity index (χ4v) is 1.21. The van der Waals surface area contributed by atoms with Crippen LogP contribution in [0.1, 0.15) is 58.3 Å². The zero-order chi connectivity index (χ0) is 9.23. The van der Waals surface area contributed by atoms with E-state index in [1.165, 1.54) is 25.7 Å². The van der Waals surface area contributed by atoms with Gasteiger partial charge in [-0.15, -0.1) is 0 Å². The Bertz CT molecular complexity index is 108. The zero-order valence-electron chi connectivity index (χ0n) is 8.27. The van der Waals surface area contributed by atoms with Gasteiger partial charge in [0.1, 0.15) is 5.78 Å². The maximum absolute atomic E-state index is 10.9. The quantitative estimate of drug-likeness (QED) is 0.508. The second kappa shape index (κ2) is 8.76. The number of hydrogen-bond donors (Lipinski definition) is 0. The second-order valence-corrected chi connectivity index (χ2v) is 3.26. The maximum Gasteiger partial charge on any atom is 0.132 e. The fourth-order valence-electron chi connectivity index (χ4n) is 1.21. The summed E-state index contributed by atoms with van der Waals surface area (Å²) < 4.78 is 0. The van der Waals surface area contributed by atoms with Gasteiger partial charge in [-0.25, -0.2) is 0 Å². The molecular formula is C11H21O. The Morgan fingerprint density at radius 1 is 1.08 bits per heavy atom. The number of carbonyl (C=O) groups is 1. The molecular weight excluding hydrogens is 148 g/mol. The van der Waals surface area contributed by atoms with Crippen molar-refractivity contribution in [1.29, 1.82) is 0 Å². The molecule has 0 aliphatic heterocycles. The molecule has 0 rings (SSSR count). The van der Waals surface area contributed by atoms with Gasteiger partial charge in [-0.2, -0.15) is 0 Å². The van der Waals surface area contributed by atoms with Crippen LogP contribution in [0.15, 0.2) is 0 Å². The molecule has 0 aliphatic carbocycles. The molecule has 0 aliphatic rings. The molecule has 1 heteroatoms. The molecule has 71 valence electrons. The summed E-state index contributed by atoms with van der Waals surface area (Å²) in [4.78, 5) is 10.9. The van der Waals surface area contributed by atoms with Crippen LogP contribution in [0.3, 0.4) is 0 Å². The van der Waals surface area contributed by atoms with Gasteiger partial charge in [0, 0.05) is 12.8 Å². The zero-order valence-corrected chi connectivity index (χ0v) is 8.27. The van der Waals surface area contributed by atoms with E-state index in [2.05, 4.69) is 6.92 Å². The van der Waals surface area contributed by atoms with Gasteiger partial charge in [0.2, 0.25) is 0 Å². The number of Topliss-reactive ketones (excluding diaryl/α,β-unsaturated/α-hetero) is 1. The summed E-state index contributed by atoms with van der Waals surface area (Å²) in [7, 11) is 0. The highest BCUT2D eigenvalue weighted by Gasteiger charge is 1.96. The average Bonchev–Trinajstić information content (AvgIpc) is 2.10. The minimum absolute atomic E-state index is 0.409. The largest absolute Gasteiger partial charge is 0.300 e. The van der Waals surface area contributed by atoms with Crippen molar-refractivity contribution in [3.05, 3.63) is 6.92 Å². The van der Waals surface area contributed by atoms with E-state index < -0.39 is 0 Å². The first-order valence-electron chi connectivity index (χ1n) is 5.12.